The first-order chi connectivity index (χ1) is 34.0. The summed E-state index contributed by atoms with van der Waals surface area (Å²) in [5, 5.41) is 23.3. The lowest BCUT2D eigenvalue weighted by molar-refractivity contribution is -0.143. The number of aliphatic hydroxyl groups excluding tert-OH is 2. The fourth-order valence-corrected chi connectivity index (χ4v) is 9.69. The van der Waals surface area contributed by atoms with Gasteiger partial charge in [-0.2, -0.15) is 0 Å². The van der Waals surface area contributed by atoms with Gasteiger partial charge in [0.25, 0.3) is 0 Å². The highest BCUT2D eigenvalue weighted by Crippen LogP contribution is 2.17. The third-order valence-corrected chi connectivity index (χ3v) is 14.5. The molecule has 2 unspecified atom stereocenters. The first-order valence-electron chi connectivity index (χ1n) is 31.1. The van der Waals surface area contributed by atoms with Crippen LogP contribution in [0, 0.1) is 0 Å². The summed E-state index contributed by atoms with van der Waals surface area (Å²) in [6.45, 7) is 4.95. The number of unbranched alkanes of at least 4 members (excludes halogenated alkanes) is 43. The first-order valence-corrected chi connectivity index (χ1v) is 31.1. The van der Waals surface area contributed by atoms with Crippen molar-refractivity contribution in [3.8, 4) is 0 Å². The van der Waals surface area contributed by atoms with E-state index >= 15 is 0 Å². The van der Waals surface area contributed by atoms with Gasteiger partial charge in [0.15, 0.2) is 0 Å². The molecule has 0 aliphatic heterocycles. The quantitative estimate of drug-likeness (QED) is 0.0321. The smallest absolute Gasteiger partial charge is 0.305 e. The minimum Gasteiger partial charge on any atom is -0.466 e. The van der Waals surface area contributed by atoms with E-state index in [0.29, 0.717) is 25.9 Å². The SMILES string of the molecule is CCCCCCCC/C=C\CCCCCCCCCCCC(=O)OCCCCCCCCCC/C=C\CCCCCCCCCC(=O)NC(CO)C(O)CCCCCCCCCCCCCCCC. The van der Waals surface area contributed by atoms with Crippen molar-refractivity contribution in [3.63, 3.8) is 0 Å². The Morgan fingerprint density at radius 3 is 1.03 bits per heavy atom. The van der Waals surface area contributed by atoms with E-state index < -0.39 is 12.1 Å². The summed E-state index contributed by atoms with van der Waals surface area (Å²) in [5.74, 6) is -0.0393. The molecular formula is C63H121NO5. The van der Waals surface area contributed by atoms with Gasteiger partial charge in [-0.25, -0.2) is 0 Å². The number of amides is 1. The Morgan fingerprint density at radius 1 is 0.391 bits per heavy atom. The summed E-state index contributed by atoms with van der Waals surface area (Å²) < 4.78 is 5.49. The van der Waals surface area contributed by atoms with Crippen molar-refractivity contribution in [1.82, 2.24) is 5.32 Å². The Bertz CT molecular complexity index is 1080. The molecule has 0 bridgehead atoms. The fourth-order valence-electron chi connectivity index (χ4n) is 9.69. The Labute approximate surface area is 431 Å². The highest BCUT2D eigenvalue weighted by molar-refractivity contribution is 5.76. The molecule has 2 atom stereocenters. The van der Waals surface area contributed by atoms with Gasteiger partial charge in [-0.05, 0) is 77.0 Å². The molecule has 0 saturated carbocycles. The van der Waals surface area contributed by atoms with E-state index in [0.717, 1.165) is 44.9 Å². The zero-order valence-electron chi connectivity index (χ0n) is 46.6. The number of carbonyl (C=O) groups excluding carboxylic acids is 2. The second kappa shape index (κ2) is 58.9. The lowest BCUT2D eigenvalue weighted by atomic mass is 10.0. The number of rotatable bonds is 58. The van der Waals surface area contributed by atoms with Crippen LogP contribution in [0.3, 0.4) is 0 Å². The van der Waals surface area contributed by atoms with Crippen LogP contribution < -0.4 is 5.32 Å². The van der Waals surface area contributed by atoms with Crippen LogP contribution in [-0.2, 0) is 14.3 Å². The van der Waals surface area contributed by atoms with Crippen molar-refractivity contribution in [2.75, 3.05) is 13.2 Å². The minimum absolute atomic E-state index is 0.00398. The van der Waals surface area contributed by atoms with E-state index in [1.807, 2.05) is 0 Å². The lowest BCUT2D eigenvalue weighted by Gasteiger charge is -2.22. The van der Waals surface area contributed by atoms with Crippen LogP contribution in [0.1, 0.15) is 341 Å². The highest BCUT2D eigenvalue weighted by atomic mass is 16.5. The molecule has 0 saturated heterocycles. The molecule has 0 rings (SSSR count). The predicted octanol–water partition coefficient (Wildman–Crippen LogP) is 19.4. The molecule has 0 aliphatic rings. The fraction of sp³-hybridized carbons (Fsp3) is 0.905. The Morgan fingerprint density at radius 2 is 0.681 bits per heavy atom. The Hall–Kier alpha value is -1.66. The number of aliphatic hydroxyl groups is 2. The van der Waals surface area contributed by atoms with E-state index in [1.54, 1.807) is 0 Å². The van der Waals surface area contributed by atoms with E-state index in [-0.39, 0.29) is 18.5 Å². The van der Waals surface area contributed by atoms with E-state index in [1.165, 1.54) is 263 Å². The standard InChI is InChI=1S/C63H121NO5/c1-3-5-7-9-11-13-15-17-19-20-22-26-29-33-37-41-45-49-53-57-63(68)69-58-54-50-46-42-38-34-30-27-24-21-23-25-28-32-36-40-44-48-52-56-62(67)64-60(59-65)61(66)55-51-47-43-39-35-31-18-16-14-12-10-8-6-4-2/h17,19,21,23,60-61,65-66H,3-16,18,20,22,24-59H2,1-2H3,(H,64,67)/b19-17-,23-21-. The van der Waals surface area contributed by atoms with E-state index in [4.69, 9.17) is 4.74 Å². The van der Waals surface area contributed by atoms with Gasteiger partial charge in [-0.3, -0.25) is 9.59 Å². The molecule has 0 aromatic rings. The average Bonchev–Trinajstić information content (AvgIpc) is 3.35. The molecule has 6 nitrogen and oxygen atoms in total. The van der Waals surface area contributed by atoms with Gasteiger partial charge < -0.3 is 20.3 Å². The van der Waals surface area contributed by atoms with Crippen molar-refractivity contribution in [2.24, 2.45) is 0 Å². The predicted molar refractivity (Wildman–Crippen MR) is 301 cm³/mol. The number of nitrogens with one attached hydrogen (secondary N) is 1. The van der Waals surface area contributed by atoms with Crippen molar-refractivity contribution >= 4 is 11.9 Å². The Kier molecular flexibility index (Phi) is 57.5. The molecule has 0 radical (unpaired) electrons. The summed E-state index contributed by atoms with van der Waals surface area (Å²) in [7, 11) is 0. The van der Waals surface area contributed by atoms with E-state index in [9.17, 15) is 19.8 Å². The molecule has 1 amide bonds. The maximum absolute atomic E-state index is 12.5. The summed E-state index contributed by atoms with van der Waals surface area (Å²) in [5.41, 5.74) is 0. The van der Waals surface area contributed by atoms with Gasteiger partial charge >= 0.3 is 5.97 Å². The number of allylic oxidation sites excluding steroid dienone is 4. The molecule has 0 aromatic heterocycles. The van der Waals surface area contributed by atoms with Gasteiger partial charge in [-0.1, -0.05) is 276 Å². The van der Waals surface area contributed by atoms with Crippen LogP contribution >= 0.6 is 0 Å². The highest BCUT2D eigenvalue weighted by Gasteiger charge is 2.20. The molecular weight excluding hydrogens is 851 g/mol. The van der Waals surface area contributed by atoms with Gasteiger partial charge in [0.2, 0.25) is 5.91 Å². The zero-order chi connectivity index (χ0) is 50.0. The van der Waals surface area contributed by atoms with Gasteiger partial charge in [-0.15, -0.1) is 0 Å². The molecule has 408 valence electrons. The van der Waals surface area contributed by atoms with Crippen LogP contribution in [0.5, 0.6) is 0 Å². The third kappa shape index (κ3) is 55.5. The number of ether oxygens (including phenoxy) is 1. The maximum atomic E-state index is 12.5. The van der Waals surface area contributed by atoms with E-state index in [2.05, 4.69) is 43.5 Å². The first kappa shape index (κ1) is 67.3. The van der Waals surface area contributed by atoms with Crippen LogP contribution in [-0.4, -0.2) is 47.4 Å². The Balaban J connectivity index is 3.41. The van der Waals surface area contributed by atoms with Gasteiger partial charge in [0.1, 0.15) is 0 Å². The second-order valence-electron chi connectivity index (χ2n) is 21.4. The summed E-state index contributed by atoms with van der Waals surface area (Å²) in [4.78, 5) is 24.6. The zero-order valence-corrected chi connectivity index (χ0v) is 46.6. The second-order valence-corrected chi connectivity index (χ2v) is 21.4. The maximum Gasteiger partial charge on any atom is 0.305 e. The van der Waals surface area contributed by atoms with Crippen molar-refractivity contribution in [3.05, 3.63) is 24.3 Å². The van der Waals surface area contributed by atoms with Crippen LogP contribution in [0.2, 0.25) is 0 Å². The van der Waals surface area contributed by atoms with Crippen molar-refractivity contribution < 1.29 is 24.5 Å². The van der Waals surface area contributed by atoms with Crippen LogP contribution in [0.4, 0.5) is 0 Å². The van der Waals surface area contributed by atoms with Crippen LogP contribution in [0.15, 0.2) is 24.3 Å². The minimum atomic E-state index is -0.670. The number of hydrogen-bond donors (Lipinski definition) is 3. The van der Waals surface area contributed by atoms with Gasteiger partial charge in [0.05, 0.1) is 25.4 Å². The molecule has 0 aromatic carbocycles. The molecule has 3 N–H and O–H groups in total. The number of carbonyl (C=O) groups is 2. The van der Waals surface area contributed by atoms with Crippen molar-refractivity contribution in [2.45, 2.75) is 353 Å². The molecule has 69 heavy (non-hydrogen) atoms. The van der Waals surface area contributed by atoms with Crippen molar-refractivity contribution in [1.29, 1.82) is 0 Å². The molecule has 0 spiro atoms. The summed E-state index contributed by atoms with van der Waals surface area (Å²) in [6, 6.07) is -0.548. The largest absolute Gasteiger partial charge is 0.466 e. The number of hydrogen-bond acceptors (Lipinski definition) is 5. The topological polar surface area (TPSA) is 95.9 Å². The monoisotopic (exact) mass is 972 g/mol. The molecule has 0 fully saturated rings. The molecule has 0 heterocycles. The molecule has 6 heteroatoms. The summed E-state index contributed by atoms with van der Waals surface area (Å²) in [6.07, 6.45) is 71.8. The normalized spacial score (nSPS) is 12.7. The number of esters is 1. The summed E-state index contributed by atoms with van der Waals surface area (Å²) >= 11 is 0. The lowest BCUT2D eigenvalue weighted by Crippen LogP contribution is -2.45. The molecule has 0 aliphatic carbocycles. The van der Waals surface area contributed by atoms with Gasteiger partial charge in [0, 0.05) is 12.8 Å². The third-order valence-electron chi connectivity index (χ3n) is 14.5. The average molecular weight is 973 g/mol. The van der Waals surface area contributed by atoms with Crippen LogP contribution in [0.25, 0.3) is 0 Å².